The highest BCUT2D eigenvalue weighted by molar-refractivity contribution is 7.91. The normalized spacial score (nSPS) is 11.5. The largest absolute Gasteiger partial charge is 0.339 e. The van der Waals surface area contributed by atoms with E-state index >= 15 is 0 Å². The van der Waals surface area contributed by atoms with E-state index in [0.717, 1.165) is 4.88 Å². The average Bonchev–Trinajstić information content (AvgIpc) is 3.36. The van der Waals surface area contributed by atoms with Crippen molar-refractivity contribution in [1.29, 1.82) is 0 Å². The summed E-state index contributed by atoms with van der Waals surface area (Å²) in [6, 6.07) is 16.2. The highest BCUT2D eigenvalue weighted by Crippen LogP contribution is 2.24. The predicted octanol–water partition coefficient (Wildman–Crippen LogP) is 4.47. The summed E-state index contributed by atoms with van der Waals surface area (Å²) in [5, 5.41) is 5.90. The van der Waals surface area contributed by atoms with Gasteiger partial charge in [-0.15, -0.1) is 11.3 Å². The van der Waals surface area contributed by atoms with Crippen LogP contribution in [0.3, 0.4) is 0 Å². The van der Waals surface area contributed by atoms with E-state index in [9.17, 15) is 12.8 Å². The zero-order valence-electron chi connectivity index (χ0n) is 15.1. The molecule has 0 amide bonds. The molecule has 4 aromatic rings. The van der Waals surface area contributed by atoms with E-state index in [2.05, 4.69) is 14.9 Å². The van der Waals surface area contributed by atoms with Crippen molar-refractivity contribution in [2.24, 2.45) is 0 Å². The minimum atomic E-state index is -3.68. The van der Waals surface area contributed by atoms with E-state index in [-0.39, 0.29) is 12.2 Å². The Balaban J connectivity index is 1.51. The minimum Gasteiger partial charge on any atom is -0.339 e. The quantitative estimate of drug-likeness (QED) is 0.469. The van der Waals surface area contributed by atoms with Crippen LogP contribution in [0.25, 0.3) is 10.7 Å². The third kappa shape index (κ3) is 4.87. The van der Waals surface area contributed by atoms with Gasteiger partial charge in [-0.3, -0.25) is 4.72 Å². The molecular weight excluding hydrogens is 413 g/mol. The Morgan fingerprint density at radius 1 is 1.03 bits per heavy atom. The topological polar surface area (TPSA) is 85.1 Å². The Morgan fingerprint density at radius 3 is 2.59 bits per heavy atom. The number of aromatic nitrogens is 2. The standard InChI is InChI=1S/C20H16FN3O3S2/c21-16-9-7-14(8-10-16)13-29(25,26)24-17-5-2-1-4-15(17)12-19-22-20(23-27-19)18-6-3-11-28-18/h1-11,24H,12-13H2. The first-order chi connectivity index (χ1) is 14.0. The molecule has 0 aliphatic rings. The molecule has 2 aromatic carbocycles. The molecular formula is C20H16FN3O3S2. The lowest BCUT2D eigenvalue weighted by Gasteiger charge is -2.11. The molecule has 0 bridgehead atoms. The molecule has 0 aliphatic carbocycles. The van der Waals surface area contributed by atoms with Gasteiger partial charge in [0.15, 0.2) is 0 Å². The lowest BCUT2D eigenvalue weighted by Crippen LogP contribution is -2.16. The molecule has 0 saturated carbocycles. The Hall–Kier alpha value is -3.04. The van der Waals surface area contributed by atoms with Gasteiger partial charge in [-0.05, 0) is 40.8 Å². The third-order valence-electron chi connectivity index (χ3n) is 4.10. The van der Waals surface area contributed by atoms with E-state index in [1.165, 1.54) is 35.6 Å². The molecule has 2 aromatic heterocycles. The summed E-state index contributed by atoms with van der Waals surface area (Å²) in [5.74, 6) is 0.221. The number of hydrogen-bond donors (Lipinski definition) is 1. The maximum Gasteiger partial charge on any atom is 0.236 e. The molecule has 2 heterocycles. The number of nitrogens with one attached hydrogen (secondary N) is 1. The first-order valence-corrected chi connectivity index (χ1v) is 11.2. The maximum absolute atomic E-state index is 13.0. The van der Waals surface area contributed by atoms with Crippen molar-refractivity contribution < 1.29 is 17.3 Å². The number of thiophene rings is 1. The van der Waals surface area contributed by atoms with Gasteiger partial charge in [0.05, 0.1) is 22.7 Å². The Bertz CT molecular complexity index is 1200. The van der Waals surface area contributed by atoms with Gasteiger partial charge in [-0.25, -0.2) is 12.8 Å². The number of benzene rings is 2. The third-order valence-corrected chi connectivity index (χ3v) is 6.21. The summed E-state index contributed by atoms with van der Waals surface area (Å²) in [6.07, 6.45) is 0.285. The van der Waals surface area contributed by atoms with Crippen LogP contribution in [-0.2, 0) is 22.2 Å². The van der Waals surface area contributed by atoms with Crippen LogP contribution in [-0.4, -0.2) is 18.6 Å². The van der Waals surface area contributed by atoms with Crippen LogP contribution < -0.4 is 4.72 Å². The van der Waals surface area contributed by atoms with Crippen molar-refractivity contribution in [3.63, 3.8) is 0 Å². The molecule has 0 unspecified atom stereocenters. The molecule has 1 N–H and O–H groups in total. The van der Waals surface area contributed by atoms with Crippen molar-refractivity contribution >= 4 is 27.0 Å². The number of rotatable bonds is 7. The van der Waals surface area contributed by atoms with Crippen LogP contribution >= 0.6 is 11.3 Å². The lowest BCUT2D eigenvalue weighted by molar-refractivity contribution is 0.386. The summed E-state index contributed by atoms with van der Waals surface area (Å²) in [7, 11) is -3.68. The lowest BCUT2D eigenvalue weighted by atomic mass is 10.1. The van der Waals surface area contributed by atoms with Gasteiger partial charge in [0.1, 0.15) is 5.82 Å². The average molecular weight is 429 g/mol. The van der Waals surface area contributed by atoms with Crippen molar-refractivity contribution in [2.75, 3.05) is 4.72 Å². The van der Waals surface area contributed by atoms with E-state index in [1.54, 1.807) is 18.2 Å². The Labute approximate surface area is 171 Å². The second-order valence-electron chi connectivity index (χ2n) is 6.31. The van der Waals surface area contributed by atoms with Crippen LogP contribution in [0.5, 0.6) is 0 Å². The molecule has 29 heavy (non-hydrogen) atoms. The van der Waals surface area contributed by atoms with Gasteiger partial charge in [0, 0.05) is 0 Å². The molecule has 0 atom stereocenters. The molecule has 0 aliphatic heterocycles. The van der Waals surface area contributed by atoms with Crippen LogP contribution in [0.4, 0.5) is 10.1 Å². The van der Waals surface area contributed by atoms with Crippen LogP contribution in [0, 0.1) is 5.82 Å². The summed E-state index contributed by atoms with van der Waals surface area (Å²) in [5.41, 5.74) is 1.64. The summed E-state index contributed by atoms with van der Waals surface area (Å²) < 4.78 is 46.1. The second-order valence-corrected chi connectivity index (χ2v) is 8.98. The van der Waals surface area contributed by atoms with Crippen molar-refractivity contribution in [1.82, 2.24) is 10.1 Å². The number of sulfonamides is 1. The van der Waals surface area contributed by atoms with Crippen LogP contribution in [0.1, 0.15) is 17.0 Å². The predicted molar refractivity (Wildman–Crippen MR) is 110 cm³/mol. The van der Waals surface area contributed by atoms with Crippen molar-refractivity contribution in [3.8, 4) is 10.7 Å². The molecule has 4 rings (SSSR count). The summed E-state index contributed by atoms with van der Waals surface area (Å²) >= 11 is 1.51. The number of hydrogen-bond acceptors (Lipinski definition) is 6. The SMILES string of the molecule is O=S(=O)(Cc1ccc(F)cc1)Nc1ccccc1Cc1nc(-c2cccs2)no1. The molecule has 0 radical (unpaired) electrons. The Morgan fingerprint density at radius 2 is 1.83 bits per heavy atom. The molecule has 0 saturated heterocycles. The zero-order valence-corrected chi connectivity index (χ0v) is 16.7. The van der Waals surface area contributed by atoms with Crippen molar-refractivity contribution in [2.45, 2.75) is 12.2 Å². The van der Waals surface area contributed by atoms with Gasteiger partial charge >= 0.3 is 0 Å². The first kappa shape index (κ1) is 19.3. The van der Waals surface area contributed by atoms with Crippen molar-refractivity contribution in [3.05, 3.63) is 88.9 Å². The van der Waals surface area contributed by atoms with Crippen LogP contribution in [0.15, 0.2) is 70.6 Å². The minimum absolute atomic E-state index is 0.259. The monoisotopic (exact) mass is 429 g/mol. The Kier molecular flexibility index (Phi) is 5.41. The van der Waals surface area contributed by atoms with E-state index in [1.807, 2.05) is 23.6 Å². The molecule has 0 spiro atoms. The van der Waals surface area contributed by atoms with Gasteiger partial charge in [0.2, 0.25) is 21.7 Å². The van der Waals surface area contributed by atoms with E-state index in [4.69, 9.17) is 4.52 Å². The second kappa shape index (κ2) is 8.14. The van der Waals surface area contributed by atoms with Gasteiger partial charge in [-0.1, -0.05) is 41.6 Å². The fourth-order valence-electron chi connectivity index (χ4n) is 2.77. The highest BCUT2D eigenvalue weighted by atomic mass is 32.2. The molecule has 0 fully saturated rings. The molecule has 148 valence electrons. The number of para-hydroxylation sites is 1. The smallest absolute Gasteiger partial charge is 0.236 e. The highest BCUT2D eigenvalue weighted by Gasteiger charge is 2.16. The maximum atomic E-state index is 13.0. The van der Waals surface area contributed by atoms with E-state index < -0.39 is 15.8 Å². The van der Waals surface area contributed by atoms with Gasteiger partial charge < -0.3 is 4.52 Å². The fourth-order valence-corrected chi connectivity index (χ4v) is 4.66. The van der Waals surface area contributed by atoms with E-state index in [0.29, 0.717) is 28.5 Å². The van der Waals surface area contributed by atoms with Crippen LogP contribution in [0.2, 0.25) is 0 Å². The number of anilines is 1. The van der Waals surface area contributed by atoms with Gasteiger partial charge in [-0.2, -0.15) is 4.98 Å². The molecule has 9 heteroatoms. The summed E-state index contributed by atoms with van der Waals surface area (Å²) in [6.45, 7) is 0. The fraction of sp³-hybridized carbons (Fsp3) is 0.100. The molecule has 6 nitrogen and oxygen atoms in total. The van der Waals surface area contributed by atoms with Gasteiger partial charge in [0.25, 0.3) is 0 Å². The summed E-state index contributed by atoms with van der Waals surface area (Å²) in [4.78, 5) is 5.28. The zero-order chi connectivity index (χ0) is 20.3. The number of halogens is 1. The number of nitrogens with zero attached hydrogens (tertiary/aromatic N) is 2. The first-order valence-electron chi connectivity index (χ1n) is 8.68.